The summed E-state index contributed by atoms with van der Waals surface area (Å²) in [6, 6.07) is 14.9. The van der Waals surface area contributed by atoms with E-state index >= 15 is 0 Å². The summed E-state index contributed by atoms with van der Waals surface area (Å²) in [5.41, 5.74) is 1.13. The molecule has 5 heteroatoms. The molecule has 24 heavy (non-hydrogen) atoms. The Hall–Kier alpha value is -2.04. The Morgan fingerprint density at radius 3 is 2.21 bits per heavy atom. The van der Waals surface area contributed by atoms with Crippen molar-refractivity contribution in [3.63, 3.8) is 0 Å². The average Bonchev–Trinajstić information content (AvgIpc) is 2.56. The Balaban J connectivity index is 1.91. The number of nitrogens with one attached hydrogen (secondary N) is 1. The molecule has 128 valence electrons. The molecule has 2 aromatic carbocycles. The molecule has 0 unspecified atom stereocenters. The topological polar surface area (TPSA) is 47.6 Å². The molecular formula is C19H22ClNO3. The van der Waals surface area contributed by atoms with Crippen LogP contribution in [0.5, 0.6) is 5.75 Å². The van der Waals surface area contributed by atoms with Crippen LogP contribution in [0.15, 0.2) is 48.5 Å². The first-order valence-electron chi connectivity index (χ1n) is 7.70. The highest BCUT2D eigenvalue weighted by Crippen LogP contribution is 2.21. The molecule has 1 N–H and O–H groups in total. The van der Waals surface area contributed by atoms with Crippen molar-refractivity contribution in [2.45, 2.75) is 32.6 Å². The molecule has 1 amide bonds. The lowest BCUT2D eigenvalue weighted by Gasteiger charge is -2.25. The van der Waals surface area contributed by atoms with Gasteiger partial charge in [-0.25, -0.2) is 0 Å². The Kier molecular flexibility index (Phi) is 6.23. The fraction of sp³-hybridized carbons (Fsp3) is 0.316. The monoisotopic (exact) mass is 347 g/mol. The minimum Gasteiger partial charge on any atom is -0.478 e. The summed E-state index contributed by atoms with van der Waals surface area (Å²) in [7, 11) is 1.66. The summed E-state index contributed by atoms with van der Waals surface area (Å²) < 4.78 is 10.9. The van der Waals surface area contributed by atoms with Crippen LogP contribution in [-0.2, 0) is 22.7 Å². The van der Waals surface area contributed by atoms with Gasteiger partial charge in [0.2, 0.25) is 0 Å². The van der Waals surface area contributed by atoms with Gasteiger partial charge in [0.05, 0.1) is 6.61 Å². The zero-order valence-electron chi connectivity index (χ0n) is 14.1. The van der Waals surface area contributed by atoms with Crippen LogP contribution < -0.4 is 10.1 Å². The van der Waals surface area contributed by atoms with Gasteiger partial charge < -0.3 is 14.8 Å². The van der Waals surface area contributed by atoms with Gasteiger partial charge in [-0.05, 0) is 49.2 Å². The van der Waals surface area contributed by atoms with Crippen LogP contribution in [0.25, 0.3) is 0 Å². The van der Waals surface area contributed by atoms with E-state index in [1.807, 2.05) is 24.3 Å². The first kappa shape index (κ1) is 18.3. The second-order valence-corrected chi connectivity index (χ2v) is 6.43. The SMILES string of the molecule is COCc1ccc(CNC(=O)C(C)(C)Oc2ccc(Cl)cc2)cc1. The lowest BCUT2D eigenvalue weighted by atomic mass is 10.1. The number of amides is 1. The summed E-state index contributed by atoms with van der Waals surface area (Å²) in [6.07, 6.45) is 0. The molecule has 0 aromatic heterocycles. The molecule has 0 aliphatic heterocycles. The van der Waals surface area contributed by atoms with Crippen LogP contribution in [0.3, 0.4) is 0 Å². The molecule has 0 saturated carbocycles. The van der Waals surface area contributed by atoms with Crippen molar-refractivity contribution in [2.75, 3.05) is 7.11 Å². The van der Waals surface area contributed by atoms with Crippen molar-refractivity contribution in [1.29, 1.82) is 0 Å². The van der Waals surface area contributed by atoms with E-state index in [4.69, 9.17) is 21.1 Å². The highest BCUT2D eigenvalue weighted by molar-refractivity contribution is 6.30. The molecule has 0 fully saturated rings. The standard InChI is InChI=1S/C19H22ClNO3/c1-19(2,24-17-10-8-16(20)9-11-17)18(22)21-12-14-4-6-15(7-5-14)13-23-3/h4-11H,12-13H2,1-3H3,(H,21,22). The average molecular weight is 348 g/mol. The molecule has 2 rings (SSSR count). The summed E-state index contributed by atoms with van der Waals surface area (Å²) in [5, 5.41) is 3.53. The van der Waals surface area contributed by atoms with E-state index < -0.39 is 5.60 Å². The van der Waals surface area contributed by atoms with Gasteiger partial charge in [-0.1, -0.05) is 35.9 Å². The Bertz CT molecular complexity index is 666. The summed E-state index contributed by atoms with van der Waals surface area (Å²) in [4.78, 5) is 12.4. The summed E-state index contributed by atoms with van der Waals surface area (Å²) >= 11 is 5.85. The zero-order valence-corrected chi connectivity index (χ0v) is 14.9. The van der Waals surface area contributed by atoms with Crippen molar-refractivity contribution in [1.82, 2.24) is 5.32 Å². The van der Waals surface area contributed by atoms with Crippen LogP contribution >= 0.6 is 11.6 Å². The van der Waals surface area contributed by atoms with Crippen molar-refractivity contribution < 1.29 is 14.3 Å². The molecule has 0 bridgehead atoms. The second-order valence-electron chi connectivity index (χ2n) is 6.00. The number of carbonyl (C=O) groups excluding carboxylic acids is 1. The van der Waals surface area contributed by atoms with Crippen LogP contribution in [0.2, 0.25) is 5.02 Å². The number of methoxy groups -OCH3 is 1. The minimum absolute atomic E-state index is 0.182. The molecular weight excluding hydrogens is 326 g/mol. The number of rotatable bonds is 7. The molecule has 0 aliphatic rings. The van der Waals surface area contributed by atoms with Gasteiger partial charge in [0.15, 0.2) is 5.60 Å². The molecule has 0 saturated heterocycles. The van der Waals surface area contributed by atoms with Gasteiger partial charge in [-0.2, -0.15) is 0 Å². The third-order valence-corrected chi connectivity index (χ3v) is 3.77. The lowest BCUT2D eigenvalue weighted by Crippen LogP contribution is -2.46. The van der Waals surface area contributed by atoms with Gasteiger partial charge in [0.1, 0.15) is 5.75 Å². The number of ether oxygens (including phenoxy) is 2. The number of benzene rings is 2. The Morgan fingerprint density at radius 1 is 1.04 bits per heavy atom. The van der Waals surface area contributed by atoms with E-state index in [1.165, 1.54) is 0 Å². The van der Waals surface area contributed by atoms with Crippen molar-refractivity contribution in [3.05, 3.63) is 64.7 Å². The summed E-state index contributed by atoms with van der Waals surface area (Å²) in [5.74, 6) is 0.418. The van der Waals surface area contributed by atoms with Crippen LogP contribution in [0.1, 0.15) is 25.0 Å². The van der Waals surface area contributed by atoms with E-state index in [0.717, 1.165) is 11.1 Å². The Labute approximate surface area is 147 Å². The van der Waals surface area contributed by atoms with E-state index in [9.17, 15) is 4.79 Å². The molecule has 0 heterocycles. The van der Waals surface area contributed by atoms with Crippen LogP contribution in [0.4, 0.5) is 0 Å². The largest absolute Gasteiger partial charge is 0.478 e. The third-order valence-electron chi connectivity index (χ3n) is 3.52. The smallest absolute Gasteiger partial charge is 0.263 e. The van der Waals surface area contributed by atoms with Crippen LogP contribution in [-0.4, -0.2) is 18.6 Å². The van der Waals surface area contributed by atoms with Crippen molar-refractivity contribution in [3.8, 4) is 5.75 Å². The highest BCUT2D eigenvalue weighted by Gasteiger charge is 2.29. The molecule has 0 radical (unpaired) electrons. The van der Waals surface area contributed by atoms with Crippen molar-refractivity contribution in [2.24, 2.45) is 0 Å². The molecule has 2 aromatic rings. The van der Waals surface area contributed by atoms with E-state index in [2.05, 4.69) is 5.32 Å². The van der Waals surface area contributed by atoms with Crippen molar-refractivity contribution >= 4 is 17.5 Å². The first-order chi connectivity index (χ1) is 11.4. The van der Waals surface area contributed by atoms with Gasteiger partial charge >= 0.3 is 0 Å². The number of hydrogen-bond acceptors (Lipinski definition) is 3. The normalized spacial score (nSPS) is 11.2. The number of carbonyl (C=O) groups is 1. The maximum atomic E-state index is 12.4. The van der Waals surface area contributed by atoms with Gasteiger partial charge in [-0.3, -0.25) is 4.79 Å². The number of hydrogen-bond donors (Lipinski definition) is 1. The maximum absolute atomic E-state index is 12.4. The van der Waals surface area contributed by atoms with E-state index in [-0.39, 0.29) is 5.91 Å². The van der Waals surface area contributed by atoms with E-state index in [1.54, 1.807) is 45.2 Å². The predicted octanol–water partition coefficient (Wildman–Crippen LogP) is 3.96. The fourth-order valence-electron chi connectivity index (χ4n) is 2.16. The predicted molar refractivity (Wildman–Crippen MR) is 95.2 cm³/mol. The Morgan fingerprint density at radius 2 is 1.62 bits per heavy atom. The first-order valence-corrected chi connectivity index (χ1v) is 8.08. The quantitative estimate of drug-likeness (QED) is 0.824. The number of halogens is 1. The van der Waals surface area contributed by atoms with Gasteiger partial charge in [0.25, 0.3) is 5.91 Å². The lowest BCUT2D eigenvalue weighted by molar-refractivity contribution is -0.134. The van der Waals surface area contributed by atoms with Crippen LogP contribution in [0, 0.1) is 0 Å². The molecule has 0 atom stereocenters. The minimum atomic E-state index is -0.982. The third kappa shape index (κ3) is 5.25. The van der Waals surface area contributed by atoms with Gasteiger partial charge in [-0.15, -0.1) is 0 Å². The summed E-state index contributed by atoms with van der Waals surface area (Å²) in [6.45, 7) is 4.49. The molecule has 0 aliphatic carbocycles. The zero-order chi connectivity index (χ0) is 17.6. The van der Waals surface area contributed by atoms with E-state index in [0.29, 0.717) is 23.9 Å². The molecule has 0 spiro atoms. The fourth-order valence-corrected chi connectivity index (χ4v) is 2.28. The molecule has 4 nitrogen and oxygen atoms in total. The second kappa shape index (κ2) is 8.18. The maximum Gasteiger partial charge on any atom is 0.263 e. The highest BCUT2D eigenvalue weighted by atomic mass is 35.5. The van der Waals surface area contributed by atoms with Gasteiger partial charge in [0, 0.05) is 18.7 Å².